The molecule has 2 aliphatic heterocycles. The first-order valence-electron chi connectivity index (χ1n) is 9.02. The summed E-state index contributed by atoms with van der Waals surface area (Å²) in [5.41, 5.74) is 2.02. The zero-order valence-corrected chi connectivity index (χ0v) is 16.1. The van der Waals surface area contributed by atoms with Crippen molar-refractivity contribution in [2.75, 3.05) is 7.11 Å². The number of benzene rings is 1. The Labute approximate surface area is 157 Å². The number of allylic oxidation sites excluding steroid dienone is 1. The van der Waals surface area contributed by atoms with Gasteiger partial charge in [0.1, 0.15) is 5.92 Å². The molecule has 0 saturated carbocycles. The van der Waals surface area contributed by atoms with Crippen LogP contribution in [0, 0.1) is 5.92 Å². The van der Waals surface area contributed by atoms with Crippen LogP contribution in [0.3, 0.4) is 0 Å². The van der Waals surface area contributed by atoms with Gasteiger partial charge in [-0.25, -0.2) is 4.99 Å². The summed E-state index contributed by atoms with van der Waals surface area (Å²) in [5, 5.41) is 0.883. The molecule has 0 spiro atoms. The summed E-state index contributed by atoms with van der Waals surface area (Å²) < 4.78 is 11.2. The number of hydrogen-bond donors (Lipinski definition) is 0. The lowest BCUT2D eigenvalue weighted by Crippen LogP contribution is -2.26. The summed E-state index contributed by atoms with van der Waals surface area (Å²) in [5.74, 6) is 1.43. The Balaban J connectivity index is 1.65. The molecule has 1 aliphatic carbocycles. The SMILES string of the molecule is COc1cc(C2=NC(=O)C3C(=N2)SC2=C3CCCC2)ccc1OC(C)C. The molecule has 1 aromatic rings. The van der Waals surface area contributed by atoms with Gasteiger partial charge in [-0.2, -0.15) is 4.99 Å². The Morgan fingerprint density at radius 1 is 1.15 bits per heavy atom. The van der Waals surface area contributed by atoms with E-state index in [1.165, 1.54) is 16.9 Å². The molecule has 1 unspecified atom stereocenters. The number of carbonyl (C=O) groups excluding carboxylic acids is 1. The fraction of sp³-hybridized carbons (Fsp3) is 0.450. The van der Waals surface area contributed by atoms with E-state index in [1.807, 2.05) is 32.0 Å². The van der Waals surface area contributed by atoms with E-state index in [0.29, 0.717) is 17.3 Å². The van der Waals surface area contributed by atoms with E-state index in [-0.39, 0.29) is 17.9 Å². The van der Waals surface area contributed by atoms with Crippen LogP contribution in [-0.4, -0.2) is 30.0 Å². The van der Waals surface area contributed by atoms with Crippen molar-refractivity contribution in [3.63, 3.8) is 0 Å². The van der Waals surface area contributed by atoms with Crippen molar-refractivity contribution >= 4 is 28.5 Å². The molecule has 0 bridgehead atoms. The van der Waals surface area contributed by atoms with Crippen molar-refractivity contribution in [3.05, 3.63) is 34.2 Å². The van der Waals surface area contributed by atoms with Gasteiger partial charge in [-0.1, -0.05) is 11.8 Å². The highest BCUT2D eigenvalue weighted by Gasteiger charge is 2.40. The number of fused-ring (bicyclic) bond motifs is 2. The molecule has 0 radical (unpaired) electrons. The average molecular weight is 370 g/mol. The molecule has 1 atom stereocenters. The van der Waals surface area contributed by atoms with Gasteiger partial charge >= 0.3 is 0 Å². The first kappa shape index (κ1) is 17.3. The number of nitrogens with zero attached hydrogens (tertiary/aromatic N) is 2. The fourth-order valence-corrected chi connectivity index (χ4v) is 4.93. The highest BCUT2D eigenvalue weighted by atomic mass is 32.2. The van der Waals surface area contributed by atoms with Crippen molar-refractivity contribution in [2.24, 2.45) is 15.9 Å². The standard InChI is InChI=1S/C20H22N2O3S/c1-11(2)25-14-9-8-12(10-15(14)24-3)18-21-19(23)17-13-6-4-5-7-16(13)26-20(17)22-18/h8-11,17H,4-7H2,1-3H3. The topological polar surface area (TPSA) is 60.2 Å². The number of amides is 1. The number of hydrogen-bond acceptors (Lipinski definition) is 5. The van der Waals surface area contributed by atoms with E-state index in [4.69, 9.17) is 14.5 Å². The van der Waals surface area contributed by atoms with Crippen molar-refractivity contribution in [2.45, 2.75) is 45.6 Å². The number of rotatable bonds is 4. The zero-order valence-electron chi connectivity index (χ0n) is 15.2. The van der Waals surface area contributed by atoms with E-state index in [1.54, 1.807) is 18.9 Å². The first-order valence-corrected chi connectivity index (χ1v) is 9.84. The van der Waals surface area contributed by atoms with Crippen LogP contribution in [-0.2, 0) is 4.79 Å². The van der Waals surface area contributed by atoms with Crippen LogP contribution >= 0.6 is 11.8 Å². The molecule has 3 aliphatic rings. The largest absolute Gasteiger partial charge is 0.493 e. The van der Waals surface area contributed by atoms with Crippen molar-refractivity contribution < 1.29 is 14.3 Å². The second-order valence-corrected chi connectivity index (χ2v) is 8.06. The van der Waals surface area contributed by atoms with Gasteiger partial charge in [0, 0.05) is 5.56 Å². The van der Waals surface area contributed by atoms with Crippen molar-refractivity contribution in [1.82, 2.24) is 0 Å². The summed E-state index contributed by atoms with van der Waals surface area (Å²) in [6, 6.07) is 5.56. The minimum Gasteiger partial charge on any atom is -0.493 e. The molecule has 0 saturated heterocycles. The summed E-state index contributed by atoms with van der Waals surface area (Å²) in [7, 11) is 1.60. The second kappa shape index (κ2) is 6.91. The fourth-order valence-electron chi connectivity index (χ4n) is 3.58. The smallest absolute Gasteiger partial charge is 0.261 e. The maximum atomic E-state index is 12.7. The predicted octanol–water partition coefficient (Wildman–Crippen LogP) is 4.36. The molecule has 5 nitrogen and oxygen atoms in total. The van der Waals surface area contributed by atoms with E-state index >= 15 is 0 Å². The van der Waals surface area contributed by atoms with E-state index in [0.717, 1.165) is 29.9 Å². The highest BCUT2D eigenvalue weighted by molar-refractivity contribution is 8.17. The molecule has 1 amide bonds. The van der Waals surface area contributed by atoms with Crippen molar-refractivity contribution in [1.29, 1.82) is 0 Å². The summed E-state index contributed by atoms with van der Waals surface area (Å²) >= 11 is 1.67. The minimum atomic E-state index is -0.232. The van der Waals surface area contributed by atoms with Gasteiger partial charge in [0.15, 0.2) is 17.3 Å². The first-order chi connectivity index (χ1) is 12.6. The van der Waals surface area contributed by atoms with Crippen LogP contribution in [0.4, 0.5) is 0 Å². The second-order valence-electron chi connectivity index (χ2n) is 6.95. The Morgan fingerprint density at radius 3 is 2.73 bits per heavy atom. The predicted molar refractivity (Wildman–Crippen MR) is 104 cm³/mol. The quantitative estimate of drug-likeness (QED) is 0.790. The number of methoxy groups -OCH3 is 1. The molecule has 136 valence electrons. The number of amidine groups is 1. The molecule has 1 aromatic carbocycles. The number of thioether (sulfide) groups is 1. The Bertz CT molecular complexity index is 855. The van der Waals surface area contributed by atoms with Crippen LogP contribution < -0.4 is 9.47 Å². The monoisotopic (exact) mass is 370 g/mol. The van der Waals surface area contributed by atoms with Crippen LogP contribution in [0.25, 0.3) is 0 Å². The third-order valence-electron chi connectivity index (χ3n) is 4.74. The molecular formula is C20H22N2O3S. The van der Waals surface area contributed by atoms with Crippen LogP contribution in [0.5, 0.6) is 11.5 Å². The van der Waals surface area contributed by atoms with Gasteiger partial charge in [0.2, 0.25) is 0 Å². The van der Waals surface area contributed by atoms with E-state index in [9.17, 15) is 4.79 Å². The summed E-state index contributed by atoms with van der Waals surface area (Å²) in [6.07, 6.45) is 4.46. The molecule has 0 fully saturated rings. The lowest BCUT2D eigenvalue weighted by Gasteiger charge is -2.19. The molecule has 4 rings (SSSR count). The van der Waals surface area contributed by atoms with E-state index < -0.39 is 0 Å². The number of aliphatic imine (C=N–C) groups is 2. The van der Waals surface area contributed by atoms with Crippen molar-refractivity contribution in [3.8, 4) is 11.5 Å². The third kappa shape index (κ3) is 3.07. The number of carbonyl (C=O) groups is 1. The summed E-state index contributed by atoms with van der Waals surface area (Å²) in [4.78, 5) is 23.1. The maximum Gasteiger partial charge on any atom is 0.261 e. The Morgan fingerprint density at radius 2 is 1.96 bits per heavy atom. The van der Waals surface area contributed by atoms with Crippen LogP contribution in [0.2, 0.25) is 0 Å². The minimum absolute atomic E-state index is 0.0524. The van der Waals surface area contributed by atoms with Gasteiger partial charge < -0.3 is 9.47 Å². The van der Waals surface area contributed by atoms with Crippen LogP contribution in [0.15, 0.2) is 38.7 Å². The molecular weight excluding hydrogens is 348 g/mol. The van der Waals surface area contributed by atoms with Crippen LogP contribution in [0.1, 0.15) is 45.1 Å². The molecule has 2 heterocycles. The van der Waals surface area contributed by atoms with Gasteiger partial charge in [0.25, 0.3) is 5.91 Å². The van der Waals surface area contributed by atoms with Gasteiger partial charge in [-0.05, 0) is 68.2 Å². The Kier molecular flexibility index (Phi) is 4.61. The molecule has 6 heteroatoms. The third-order valence-corrected chi connectivity index (χ3v) is 5.99. The molecule has 26 heavy (non-hydrogen) atoms. The average Bonchev–Trinajstić information content (AvgIpc) is 3.00. The Hall–Kier alpha value is -2.08. The van der Waals surface area contributed by atoms with Gasteiger partial charge in [0.05, 0.1) is 18.3 Å². The zero-order chi connectivity index (χ0) is 18.3. The summed E-state index contributed by atoms with van der Waals surface area (Å²) in [6.45, 7) is 3.94. The van der Waals surface area contributed by atoms with Gasteiger partial charge in [-0.3, -0.25) is 4.79 Å². The maximum absolute atomic E-state index is 12.7. The molecule has 0 N–H and O–H groups in total. The number of ether oxygens (including phenoxy) is 2. The lowest BCUT2D eigenvalue weighted by atomic mass is 9.89. The highest BCUT2D eigenvalue weighted by Crippen LogP contribution is 2.47. The van der Waals surface area contributed by atoms with E-state index in [2.05, 4.69) is 4.99 Å². The van der Waals surface area contributed by atoms with Gasteiger partial charge in [-0.15, -0.1) is 0 Å². The normalized spacial score (nSPS) is 22.0. The lowest BCUT2D eigenvalue weighted by molar-refractivity contribution is -0.118. The molecule has 0 aromatic heterocycles.